The van der Waals surface area contributed by atoms with Gasteiger partial charge in [-0.3, -0.25) is 5.41 Å². The first kappa shape index (κ1) is 9.78. The minimum absolute atomic E-state index is 0.228. The van der Waals surface area contributed by atoms with E-state index in [1.807, 2.05) is 0 Å². The van der Waals surface area contributed by atoms with Crippen molar-refractivity contribution < 1.29 is 0 Å². The summed E-state index contributed by atoms with van der Waals surface area (Å²) in [7, 11) is 0. The van der Waals surface area contributed by atoms with Crippen molar-refractivity contribution in [3.05, 3.63) is 34.4 Å². The van der Waals surface area contributed by atoms with Gasteiger partial charge in [0, 0.05) is 6.42 Å². The van der Waals surface area contributed by atoms with E-state index in [1.54, 1.807) is 0 Å². The van der Waals surface area contributed by atoms with E-state index in [1.165, 1.54) is 16.7 Å². The lowest BCUT2D eigenvalue weighted by atomic mass is 9.98. The highest BCUT2D eigenvalue weighted by atomic mass is 14.7. The summed E-state index contributed by atoms with van der Waals surface area (Å²) in [5.41, 5.74) is 10.3. The van der Waals surface area contributed by atoms with Gasteiger partial charge in [0.1, 0.15) is 0 Å². The summed E-state index contributed by atoms with van der Waals surface area (Å²) in [6, 6.07) is 4.26. The lowest BCUT2D eigenvalue weighted by molar-refractivity contribution is 1.17. The minimum Gasteiger partial charge on any atom is -0.387 e. The van der Waals surface area contributed by atoms with Crippen molar-refractivity contribution in [1.29, 1.82) is 5.41 Å². The second-order valence-corrected chi connectivity index (χ2v) is 3.56. The topological polar surface area (TPSA) is 49.9 Å². The van der Waals surface area contributed by atoms with Gasteiger partial charge in [-0.15, -0.1) is 0 Å². The smallest absolute Gasteiger partial charge is 0.0950 e. The number of nitrogens with one attached hydrogen (secondary N) is 1. The van der Waals surface area contributed by atoms with Crippen molar-refractivity contribution in [2.24, 2.45) is 5.73 Å². The zero-order chi connectivity index (χ0) is 10.0. The first-order valence-corrected chi connectivity index (χ1v) is 4.40. The quantitative estimate of drug-likeness (QED) is 0.526. The average molecular weight is 176 g/mol. The van der Waals surface area contributed by atoms with Gasteiger partial charge in [-0.25, -0.2) is 0 Å². The van der Waals surface area contributed by atoms with E-state index >= 15 is 0 Å². The molecule has 0 saturated heterocycles. The second kappa shape index (κ2) is 3.60. The van der Waals surface area contributed by atoms with Crippen LogP contribution < -0.4 is 5.73 Å². The molecule has 2 heteroatoms. The molecule has 70 valence electrons. The lowest BCUT2D eigenvalue weighted by Crippen LogP contribution is -2.13. The summed E-state index contributed by atoms with van der Waals surface area (Å²) in [5, 5.41) is 7.23. The molecule has 0 atom stereocenters. The Labute approximate surface area is 79.3 Å². The van der Waals surface area contributed by atoms with E-state index in [-0.39, 0.29) is 5.84 Å². The molecule has 0 aliphatic carbocycles. The molecule has 1 aromatic rings. The van der Waals surface area contributed by atoms with Crippen LogP contribution in [0.5, 0.6) is 0 Å². The number of rotatable bonds is 2. The van der Waals surface area contributed by atoms with Crippen molar-refractivity contribution in [2.75, 3.05) is 0 Å². The molecule has 0 bridgehead atoms. The number of hydrogen-bond donors (Lipinski definition) is 2. The summed E-state index contributed by atoms with van der Waals surface area (Å²) in [4.78, 5) is 0. The van der Waals surface area contributed by atoms with Crippen LogP contribution in [0.2, 0.25) is 0 Å². The van der Waals surface area contributed by atoms with Gasteiger partial charge in [0.25, 0.3) is 0 Å². The van der Waals surface area contributed by atoms with Gasteiger partial charge >= 0.3 is 0 Å². The van der Waals surface area contributed by atoms with Crippen LogP contribution in [0.25, 0.3) is 0 Å². The Bertz CT molecular complexity index is 340. The highest BCUT2D eigenvalue weighted by Gasteiger charge is 2.02. The van der Waals surface area contributed by atoms with Crippen LogP contribution in [0.15, 0.2) is 12.1 Å². The Balaban J connectivity index is 3.08. The summed E-state index contributed by atoms with van der Waals surface area (Å²) < 4.78 is 0. The van der Waals surface area contributed by atoms with Crippen LogP contribution in [0.3, 0.4) is 0 Å². The van der Waals surface area contributed by atoms with Gasteiger partial charge in [0.15, 0.2) is 0 Å². The third kappa shape index (κ3) is 2.31. The fourth-order valence-electron chi connectivity index (χ4n) is 1.42. The SMILES string of the molecule is Cc1cc(C)c(CC(=N)N)cc1C. The van der Waals surface area contributed by atoms with Crippen molar-refractivity contribution in [2.45, 2.75) is 27.2 Å². The van der Waals surface area contributed by atoms with Crippen molar-refractivity contribution in [1.82, 2.24) is 0 Å². The fraction of sp³-hybridized carbons (Fsp3) is 0.364. The van der Waals surface area contributed by atoms with Crippen molar-refractivity contribution >= 4 is 5.84 Å². The highest BCUT2D eigenvalue weighted by Crippen LogP contribution is 2.15. The maximum atomic E-state index is 7.23. The Morgan fingerprint density at radius 1 is 1.15 bits per heavy atom. The fourth-order valence-corrected chi connectivity index (χ4v) is 1.42. The number of amidine groups is 1. The molecule has 0 radical (unpaired) electrons. The Morgan fingerprint density at radius 2 is 1.69 bits per heavy atom. The largest absolute Gasteiger partial charge is 0.387 e. The van der Waals surface area contributed by atoms with Gasteiger partial charge in [-0.05, 0) is 43.0 Å². The molecule has 0 spiro atoms. The van der Waals surface area contributed by atoms with Crippen LogP contribution >= 0.6 is 0 Å². The molecular weight excluding hydrogens is 160 g/mol. The maximum absolute atomic E-state index is 7.23. The van der Waals surface area contributed by atoms with E-state index in [2.05, 4.69) is 32.9 Å². The summed E-state index contributed by atoms with van der Waals surface area (Å²) in [6.45, 7) is 6.24. The molecule has 0 amide bonds. The molecule has 0 aliphatic rings. The van der Waals surface area contributed by atoms with Gasteiger partial charge in [-0.1, -0.05) is 12.1 Å². The van der Waals surface area contributed by atoms with Crippen molar-refractivity contribution in [3.8, 4) is 0 Å². The molecule has 0 unspecified atom stereocenters. The molecule has 0 heterocycles. The molecule has 13 heavy (non-hydrogen) atoms. The first-order chi connectivity index (χ1) is 6.00. The zero-order valence-corrected chi connectivity index (χ0v) is 8.44. The standard InChI is InChI=1S/C11H16N2/c1-7-4-9(3)10(5-8(7)2)6-11(12)13/h4-5H,6H2,1-3H3,(H3,12,13). The predicted octanol–water partition coefficient (Wildman–Crippen LogP) is 2.09. The molecule has 2 nitrogen and oxygen atoms in total. The zero-order valence-electron chi connectivity index (χ0n) is 8.44. The normalized spacial score (nSPS) is 10.1. The van der Waals surface area contributed by atoms with Crippen LogP contribution in [0.4, 0.5) is 0 Å². The number of aryl methyl sites for hydroxylation is 3. The first-order valence-electron chi connectivity index (χ1n) is 4.40. The van der Waals surface area contributed by atoms with E-state index in [0.29, 0.717) is 6.42 Å². The van der Waals surface area contributed by atoms with Gasteiger partial charge in [0.05, 0.1) is 5.84 Å². The van der Waals surface area contributed by atoms with Gasteiger partial charge < -0.3 is 5.73 Å². The van der Waals surface area contributed by atoms with Crippen LogP contribution in [0.1, 0.15) is 22.3 Å². The second-order valence-electron chi connectivity index (χ2n) is 3.56. The molecular formula is C11H16N2. The average Bonchev–Trinajstić information content (AvgIpc) is 1.99. The molecule has 1 aromatic carbocycles. The Morgan fingerprint density at radius 3 is 2.23 bits per heavy atom. The van der Waals surface area contributed by atoms with Gasteiger partial charge in [0.2, 0.25) is 0 Å². The predicted molar refractivity (Wildman–Crippen MR) is 56.3 cm³/mol. The number of hydrogen-bond acceptors (Lipinski definition) is 1. The lowest BCUT2D eigenvalue weighted by Gasteiger charge is -2.08. The maximum Gasteiger partial charge on any atom is 0.0950 e. The number of benzene rings is 1. The van der Waals surface area contributed by atoms with Crippen LogP contribution in [-0.2, 0) is 6.42 Å². The third-order valence-electron chi connectivity index (χ3n) is 2.33. The molecule has 0 aromatic heterocycles. The molecule has 0 fully saturated rings. The monoisotopic (exact) mass is 176 g/mol. The molecule has 1 rings (SSSR count). The minimum atomic E-state index is 0.228. The molecule has 0 saturated carbocycles. The Hall–Kier alpha value is -1.31. The Kier molecular flexibility index (Phi) is 2.71. The summed E-state index contributed by atoms with van der Waals surface area (Å²) in [5.74, 6) is 0.228. The number of nitrogens with two attached hydrogens (primary N) is 1. The molecule has 3 N–H and O–H groups in total. The molecule has 0 aliphatic heterocycles. The van der Waals surface area contributed by atoms with E-state index < -0.39 is 0 Å². The van der Waals surface area contributed by atoms with E-state index in [9.17, 15) is 0 Å². The highest BCUT2D eigenvalue weighted by molar-refractivity contribution is 5.79. The third-order valence-corrected chi connectivity index (χ3v) is 2.33. The van der Waals surface area contributed by atoms with Crippen LogP contribution in [0, 0.1) is 26.2 Å². The van der Waals surface area contributed by atoms with E-state index in [0.717, 1.165) is 5.56 Å². The van der Waals surface area contributed by atoms with Crippen LogP contribution in [-0.4, -0.2) is 5.84 Å². The van der Waals surface area contributed by atoms with Crippen molar-refractivity contribution in [3.63, 3.8) is 0 Å². The summed E-state index contributed by atoms with van der Waals surface area (Å²) >= 11 is 0. The van der Waals surface area contributed by atoms with E-state index in [4.69, 9.17) is 11.1 Å². The summed E-state index contributed by atoms with van der Waals surface area (Å²) in [6.07, 6.45) is 0.562. The van der Waals surface area contributed by atoms with Gasteiger partial charge in [-0.2, -0.15) is 0 Å².